The van der Waals surface area contributed by atoms with Crippen LogP contribution in [0, 0.1) is 0 Å². The number of rotatable bonds is 4. The Morgan fingerprint density at radius 2 is 1.93 bits per heavy atom. The van der Waals surface area contributed by atoms with Crippen LogP contribution < -0.4 is 15.8 Å². The second kappa shape index (κ2) is 6.53. The van der Waals surface area contributed by atoms with E-state index in [9.17, 15) is 22.0 Å². The van der Waals surface area contributed by atoms with E-state index in [4.69, 9.17) is 5.14 Å². The zero-order valence-electron chi connectivity index (χ0n) is 14.3. The smallest absolute Gasteiger partial charge is 0.280 e. The van der Waals surface area contributed by atoms with Gasteiger partial charge in [0.25, 0.3) is 12.3 Å². The third kappa shape index (κ3) is 3.41. The Balaban J connectivity index is 1.62. The highest BCUT2D eigenvalue weighted by Crippen LogP contribution is 2.38. The van der Waals surface area contributed by atoms with Crippen LogP contribution in [0.15, 0.2) is 52.7 Å². The molecule has 0 bridgehead atoms. The molecule has 1 aromatic heterocycles. The van der Waals surface area contributed by atoms with E-state index in [1.165, 1.54) is 36.5 Å². The van der Waals surface area contributed by atoms with Crippen LogP contribution in [0.1, 0.15) is 23.2 Å². The molecule has 1 aliphatic heterocycles. The molecule has 0 spiro atoms. The number of amides is 1. The van der Waals surface area contributed by atoms with Gasteiger partial charge >= 0.3 is 0 Å². The Labute approximate surface area is 158 Å². The largest absolute Gasteiger partial charge is 0.339 e. The van der Waals surface area contributed by atoms with Crippen molar-refractivity contribution in [3.63, 3.8) is 0 Å². The van der Waals surface area contributed by atoms with Crippen molar-refractivity contribution in [1.82, 2.24) is 9.78 Å². The molecule has 28 heavy (non-hydrogen) atoms. The Kier molecular flexibility index (Phi) is 4.27. The van der Waals surface area contributed by atoms with Gasteiger partial charge in [-0.15, -0.1) is 0 Å². The maximum Gasteiger partial charge on any atom is 0.280 e. The number of halogens is 2. The number of primary sulfonamides is 1. The van der Waals surface area contributed by atoms with Crippen LogP contribution in [0.3, 0.4) is 0 Å². The predicted octanol–water partition coefficient (Wildman–Crippen LogP) is 2.36. The summed E-state index contributed by atoms with van der Waals surface area (Å²) in [5.74, 6) is -0.418. The number of aromatic nitrogens is 2. The number of hydrogen-bond donors (Lipinski definition) is 3. The highest BCUT2D eigenvalue weighted by molar-refractivity contribution is 7.89. The zero-order chi connectivity index (χ0) is 20.1. The van der Waals surface area contributed by atoms with Crippen molar-refractivity contribution >= 4 is 33.1 Å². The summed E-state index contributed by atoms with van der Waals surface area (Å²) in [6, 6.07) is 5.26. The molecule has 11 heteroatoms. The van der Waals surface area contributed by atoms with Crippen LogP contribution in [-0.2, 0) is 10.0 Å². The van der Waals surface area contributed by atoms with Crippen LogP contribution in [0.2, 0.25) is 0 Å². The molecule has 0 unspecified atom stereocenters. The molecule has 2 heterocycles. The number of sulfonamides is 1. The lowest BCUT2D eigenvalue weighted by Crippen LogP contribution is -2.20. The number of benzene rings is 1. The number of nitrogens with one attached hydrogen (secondary N) is 2. The van der Waals surface area contributed by atoms with Gasteiger partial charge in [-0.1, -0.05) is 0 Å². The van der Waals surface area contributed by atoms with E-state index < -0.39 is 22.4 Å². The summed E-state index contributed by atoms with van der Waals surface area (Å²) in [5, 5.41) is 14.5. The first-order valence-electron chi connectivity index (χ1n) is 8.25. The average molecular weight is 407 g/mol. The maximum absolute atomic E-state index is 13.4. The zero-order valence-corrected chi connectivity index (χ0v) is 15.1. The van der Waals surface area contributed by atoms with Gasteiger partial charge in [0.05, 0.1) is 11.1 Å². The molecule has 0 saturated heterocycles. The quantitative estimate of drug-likeness (QED) is 0.719. The Bertz CT molecular complexity index is 1130. The van der Waals surface area contributed by atoms with Gasteiger partial charge in [-0.2, -0.15) is 5.10 Å². The summed E-state index contributed by atoms with van der Waals surface area (Å²) in [7, 11) is -3.84. The SMILES string of the molecule is NS(=O)(=O)c1ccc(NC(=O)c2cnn3c2NC(=C2CC2)C=C3C(F)F)cc1. The van der Waals surface area contributed by atoms with E-state index in [-0.39, 0.29) is 22.0 Å². The average Bonchev–Trinajstić information content (AvgIpc) is 3.39. The predicted molar refractivity (Wildman–Crippen MR) is 98.2 cm³/mol. The summed E-state index contributed by atoms with van der Waals surface area (Å²) >= 11 is 0. The number of carbonyl (C=O) groups is 1. The van der Waals surface area contributed by atoms with Gasteiger partial charge in [-0.25, -0.2) is 27.0 Å². The van der Waals surface area contributed by atoms with Gasteiger partial charge in [0.1, 0.15) is 17.1 Å². The van der Waals surface area contributed by atoms with Gasteiger partial charge in [-0.05, 0) is 48.8 Å². The van der Waals surface area contributed by atoms with Crippen molar-refractivity contribution in [1.29, 1.82) is 0 Å². The van der Waals surface area contributed by atoms with Crippen LogP contribution in [-0.4, -0.2) is 30.5 Å². The number of nitrogens with two attached hydrogens (primary N) is 1. The Morgan fingerprint density at radius 1 is 1.25 bits per heavy atom. The lowest BCUT2D eigenvalue weighted by Gasteiger charge is -2.20. The summed E-state index contributed by atoms with van der Waals surface area (Å²) in [6.45, 7) is 0. The van der Waals surface area contributed by atoms with Gasteiger partial charge in [0.15, 0.2) is 0 Å². The highest BCUT2D eigenvalue weighted by Gasteiger charge is 2.30. The molecule has 8 nitrogen and oxygen atoms in total. The lowest BCUT2D eigenvalue weighted by atomic mass is 10.2. The van der Waals surface area contributed by atoms with Crippen molar-refractivity contribution < 1.29 is 22.0 Å². The number of carbonyl (C=O) groups excluding carboxylic acids is 1. The number of alkyl halides is 2. The van der Waals surface area contributed by atoms with Crippen LogP contribution in [0.5, 0.6) is 0 Å². The van der Waals surface area contributed by atoms with Crippen molar-refractivity contribution in [2.45, 2.75) is 24.2 Å². The molecule has 2 aliphatic rings. The molecular formula is C17H15F2N5O3S. The fourth-order valence-electron chi connectivity index (χ4n) is 2.81. The summed E-state index contributed by atoms with van der Waals surface area (Å²) < 4.78 is 50.4. The molecule has 146 valence electrons. The van der Waals surface area contributed by atoms with Crippen molar-refractivity contribution in [3.05, 3.63) is 53.4 Å². The molecule has 1 aromatic carbocycles. The minimum Gasteiger partial charge on any atom is -0.339 e. The number of anilines is 2. The molecule has 1 amide bonds. The van der Waals surface area contributed by atoms with Gasteiger partial charge < -0.3 is 10.6 Å². The topological polar surface area (TPSA) is 119 Å². The first-order valence-corrected chi connectivity index (χ1v) is 9.80. The first-order chi connectivity index (χ1) is 13.2. The lowest BCUT2D eigenvalue weighted by molar-refractivity contribution is 0.102. The fourth-order valence-corrected chi connectivity index (χ4v) is 3.32. The minimum absolute atomic E-state index is 0.0838. The number of fused-ring (bicyclic) bond motifs is 1. The molecular weight excluding hydrogens is 392 g/mol. The number of hydrogen-bond acceptors (Lipinski definition) is 5. The van der Waals surface area contributed by atoms with Crippen LogP contribution in [0.25, 0.3) is 5.70 Å². The van der Waals surface area contributed by atoms with E-state index in [1.807, 2.05) is 0 Å². The standard InChI is InChI=1S/C17H15F2N5O3S/c18-15(19)14-7-13(9-1-2-9)23-16-12(8-21-24(14)16)17(25)22-10-3-5-11(6-4-10)28(20,26)27/h3-8,15,23H,1-2H2,(H,22,25)(H2,20,26,27). The molecule has 1 aliphatic carbocycles. The second-order valence-electron chi connectivity index (χ2n) is 6.35. The van der Waals surface area contributed by atoms with Gasteiger partial charge in [0, 0.05) is 11.4 Å². The minimum atomic E-state index is -3.84. The molecule has 0 atom stereocenters. The van der Waals surface area contributed by atoms with Crippen LogP contribution >= 0.6 is 0 Å². The normalized spacial score (nSPS) is 15.8. The fraction of sp³-hybridized carbons (Fsp3) is 0.176. The van der Waals surface area contributed by atoms with Gasteiger partial charge in [0.2, 0.25) is 10.0 Å². The van der Waals surface area contributed by atoms with Crippen molar-refractivity contribution in [2.75, 3.05) is 10.6 Å². The Hall–Kier alpha value is -3.05. The Morgan fingerprint density at radius 3 is 2.50 bits per heavy atom. The number of allylic oxidation sites excluding steroid dienone is 3. The van der Waals surface area contributed by atoms with E-state index in [0.29, 0.717) is 11.4 Å². The number of nitrogens with zero attached hydrogens (tertiary/aromatic N) is 2. The molecule has 1 saturated carbocycles. The van der Waals surface area contributed by atoms with Crippen molar-refractivity contribution in [2.24, 2.45) is 5.14 Å². The molecule has 4 N–H and O–H groups in total. The molecule has 1 fully saturated rings. The maximum atomic E-state index is 13.4. The molecule has 4 rings (SSSR count). The van der Waals surface area contributed by atoms with E-state index in [0.717, 1.165) is 23.1 Å². The van der Waals surface area contributed by atoms with E-state index in [2.05, 4.69) is 15.7 Å². The van der Waals surface area contributed by atoms with E-state index >= 15 is 0 Å². The molecule has 2 aromatic rings. The molecule has 0 radical (unpaired) electrons. The summed E-state index contributed by atoms with van der Waals surface area (Å²) in [6.07, 6.45) is 1.44. The third-order valence-electron chi connectivity index (χ3n) is 4.35. The second-order valence-corrected chi connectivity index (χ2v) is 7.92. The summed E-state index contributed by atoms with van der Waals surface area (Å²) in [4.78, 5) is 12.5. The van der Waals surface area contributed by atoms with Crippen molar-refractivity contribution in [3.8, 4) is 0 Å². The van der Waals surface area contributed by atoms with Crippen LogP contribution in [0.4, 0.5) is 20.3 Å². The first kappa shape index (κ1) is 18.3. The highest BCUT2D eigenvalue weighted by atomic mass is 32.2. The third-order valence-corrected chi connectivity index (χ3v) is 5.28. The van der Waals surface area contributed by atoms with Gasteiger partial charge in [-0.3, -0.25) is 4.79 Å². The monoisotopic (exact) mass is 407 g/mol. The summed E-state index contributed by atoms with van der Waals surface area (Å²) in [5.41, 5.74) is 1.67. The van der Waals surface area contributed by atoms with E-state index in [1.54, 1.807) is 0 Å².